The maximum absolute atomic E-state index is 4.27. The molecule has 1 saturated heterocycles. The SMILES string of the molecule is CC.CC.Cc1cnn(C2CCNC2)c1.[HH]. The van der Waals surface area contributed by atoms with Gasteiger partial charge in [-0.2, -0.15) is 5.10 Å². The average Bonchev–Trinajstić information content (AvgIpc) is 2.94. The molecule has 3 heteroatoms. The van der Waals surface area contributed by atoms with E-state index in [0.29, 0.717) is 6.04 Å². The topological polar surface area (TPSA) is 29.9 Å². The Hall–Kier alpha value is -0.830. The highest BCUT2D eigenvalue weighted by molar-refractivity contribution is 5.01. The van der Waals surface area contributed by atoms with Crippen LogP contribution >= 0.6 is 0 Å². The Bertz CT molecular complexity index is 242. The smallest absolute Gasteiger partial charge is 0.0655 e. The molecule has 0 saturated carbocycles. The molecule has 2 heterocycles. The molecule has 1 aliphatic rings. The molecule has 15 heavy (non-hydrogen) atoms. The van der Waals surface area contributed by atoms with Gasteiger partial charge in [-0.3, -0.25) is 4.68 Å². The van der Waals surface area contributed by atoms with Crippen molar-refractivity contribution in [2.75, 3.05) is 13.1 Å². The zero-order valence-electron chi connectivity index (χ0n) is 10.7. The van der Waals surface area contributed by atoms with Gasteiger partial charge in [-0.05, 0) is 25.5 Å². The number of nitrogens with zero attached hydrogens (tertiary/aromatic N) is 2. The van der Waals surface area contributed by atoms with Crippen LogP contribution in [0.1, 0.15) is 47.1 Å². The Morgan fingerprint density at radius 3 is 2.47 bits per heavy atom. The Morgan fingerprint density at radius 2 is 2.07 bits per heavy atom. The predicted octanol–water partition coefficient (Wildman–Crippen LogP) is 3.02. The zero-order chi connectivity index (χ0) is 11.7. The summed E-state index contributed by atoms with van der Waals surface area (Å²) in [6.07, 6.45) is 5.23. The number of hydrogen-bond acceptors (Lipinski definition) is 2. The van der Waals surface area contributed by atoms with Crippen LogP contribution in [0.3, 0.4) is 0 Å². The van der Waals surface area contributed by atoms with Crippen LogP contribution in [0, 0.1) is 6.92 Å². The van der Waals surface area contributed by atoms with Gasteiger partial charge in [0.2, 0.25) is 0 Å². The van der Waals surface area contributed by atoms with E-state index in [0.717, 1.165) is 13.1 Å². The lowest BCUT2D eigenvalue weighted by Gasteiger charge is -2.07. The molecule has 0 bridgehead atoms. The predicted molar refractivity (Wildman–Crippen MR) is 68.3 cm³/mol. The van der Waals surface area contributed by atoms with E-state index in [1.165, 1.54) is 12.0 Å². The molecular weight excluding hydrogens is 186 g/mol. The lowest BCUT2D eigenvalue weighted by Crippen LogP contribution is -2.13. The van der Waals surface area contributed by atoms with E-state index >= 15 is 0 Å². The van der Waals surface area contributed by atoms with Gasteiger partial charge in [-0.15, -0.1) is 0 Å². The minimum Gasteiger partial charge on any atom is -0.315 e. The molecule has 1 aromatic rings. The van der Waals surface area contributed by atoms with Crippen LogP contribution in [0.15, 0.2) is 12.4 Å². The number of aryl methyl sites for hydroxylation is 1. The van der Waals surface area contributed by atoms with Gasteiger partial charge in [0, 0.05) is 14.2 Å². The third-order valence-corrected chi connectivity index (χ3v) is 2.14. The minimum atomic E-state index is 0. The Kier molecular flexibility index (Phi) is 8.01. The monoisotopic (exact) mass is 213 g/mol. The summed E-state index contributed by atoms with van der Waals surface area (Å²) in [5.41, 5.74) is 1.25. The Balaban J connectivity index is 0. The first-order chi connectivity index (χ1) is 7.36. The minimum absolute atomic E-state index is 0. The molecule has 1 N–H and O–H groups in total. The molecule has 0 radical (unpaired) electrons. The third kappa shape index (κ3) is 4.47. The molecule has 0 spiro atoms. The van der Waals surface area contributed by atoms with E-state index in [1.54, 1.807) is 0 Å². The molecule has 1 unspecified atom stereocenters. The van der Waals surface area contributed by atoms with Crippen LogP contribution in [-0.2, 0) is 0 Å². The zero-order valence-corrected chi connectivity index (χ0v) is 10.7. The second-order valence-corrected chi connectivity index (χ2v) is 3.14. The maximum atomic E-state index is 4.27. The van der Waals surface area contributed by atoms with Crippen molar-refractivity contribution in [3.05, 3.63) is 18.0 Å². The van der Waals surface area contributed by atoms with E-state index in [4.69, 9.17) is 0 Å². The summed E-state index contributed by atoms with van der Waals surface area (Å²) >= 11 is 0. The van der Waals surface area contributed by atoms with Crippen LogP contribution in [0.25, 0.3) is 0 Å². The van der Waals surface area contributed by atoms with Crippen molar-refractivity contribution in [3.63, 3.8) is 0 Å². The number of nitrogens with one attached hydrogen (secondary N) is 1. The van der Waals surface area contributed by atoms with E-state index < -0.39 is 0 Å². The highest BCUT2D eigenvalue weighted by atomic mass is 15.3. The highest BCUT2D eigenvalue weighted by Crippen LogP contribution is 2.13. The Morgan fingerprint density at radius 1 is 1.40 bits per heavy atom. The first-order valence-electron chi connectivity index (χ1n) is 6.08. The molecule has 1 aromatic heterocycles. The second kappa shape index (κ2) is 8.48. The summed E-state index contributed by atoms with van der Waals surface area (Å²) in [6.45, 7) is 12.3. The number of hydrogen-bond donors (Lipinski definition) is 1. The first kappa shape index (κ1) is 14.2. The van der Waals surface area contributed by atoms with Gasteiger partial charge in [0.05, 0.1) is 12.2 Å². The fraction of sp³-hybridized carbons (Fsp3) is 0.750. The van der Waals surface area contributed by atoms with Crippen LogP contribution in [0.2, 0.25) is 0 Å². The summed E-state index contributed by atoms with van der Waals surface area (Å²) < 4.78 is 2.06. The van der Waals surface area contributed by atoms with E-state index in [2.05, 4.69) is 28.2 Å². The van der Waals surface area contributed by atoms with Gasteiger partial charge in [0.15, 0.2) is 0 Å². The summed E-state index contributed by atoms with van der Waals surface area (Å²) in [7, 11) is 0. The van der Waals surface area contributed by atoms with Gasteiger partial charge in [-0.1, -0.05) is 27.7 Å². The third-order valence-electron chi connectivity index (χ3n) is 2.14. The Labute approximate surface area is 95.4 Å². The molecule has 1 aliphatic heterocycles. The molecule has 0 aliphatic carbocycles. The summed E-state index contributed by atoms with van der Waals surface area (Å²) in [4.78, 5) is 0. The van der Waals surface area contributed by atoms with Crippen LogP contribution in [0.4, 0.5) is 0 Å². The van der Waals surface area contributed by atoms with E-state index in [-0.39, 0.29) is 1.43 Å². The second-order valence-electron chi connectivity index (χ2n) is 3.14. The quantitative estimate of drug-likeness (QED) is 0.777. The van der Waals surface area contributed by atoms with Gasteiger partial charge < -0.3 is 5.32 Å². The standard InChI is InChI=1S/C8H13N3.2C2H6.H2/c1-7-4-10-11(6-7)8-2-3-9-5-8;2*1-2;/h4,6,8-9H,2-3,5H2,1H3;2*1-2H3;1H. The largest absolute Gasteiger partial charge is 0.315 e. The van der Waals surface area contributed by atoms with Crippen molar-refractivity contribution in [2.45, 2.75) is 47.1 Å². The molecule has 1 atom stereocenters. The van der Waals surface area contributed by atoms with Gasteiger partial charge >= 0.3 is 0 Å². The summed E-state index contributed by atoms with van der Waals surface area (Å²) in [6, 6.07) is 0.587. The van der Waals surface area contributed by atoms with Gasteiger partial charge in [-0.25, -0.2) is 0 Å². The van der Waals surface area contributed by atoms with Gasteiger partial charge in [0.25, 0.3) is 0 Å². The summed E-state index contributed by atoms with van der Waals surface area (Å²) in [5.74, 6) is 0. The molecular formula is C12H27N3. The van der Waals surface area contributed by atoms with Crippen LogP contribution < -0.4 is 5.32 Å². The average molecular weight is 213 g/mol. The maximum Gasteiger partial charge on any atom is 0.0655 e. The molecule has 1 fully saturated rings. The summed E-state index contributed by atoms with van der Waals surface area (Å²) in [5, 5.41) is 7.59. The fourth-order valence-corrected chi connectivity index (χ4v) is 1.50. The van der Waals surface area contributed by atoms with E-state index in [9.17, 15) is 0 Å². The van der Waals surface area contributed by atoms with Crippen molar-refractivity contribution in [2.24, 2.45) is 0 Å². The highest BCUT2D eigenvalue weighted by Gasteiger charge is 2.15. The normalized spacial score (nSPS) is 18.6. The fourth-order valence-electron chi connectivity index (χ4n) is 1.50. The van der Waals surface area contributed by atoms with Crippen LogP contribution in [-0.4, -0.2) is 22.9 Å². The van der Waals surface area contributed by atoms with Crippen molar-refractivity contribution < 1.29 is 1.43 Å². The molecule has 2 rings (SSSR count). The lowest BCUT2D eigenvalue weighted by molar-refractivity contribution is 0.490. The lowest BCUT2D eigenvalue weighted by atomic mass is 10.3. The first-order valence-corrected chi connectivity index (χ1v) is 6.08. The molecule has 90 valence electrons. The van der Waals surface area contributed by atoms with Crippen molar-refractivity contribution >= 4 is 0 Å². The van der Waals surface area contributed by atoms with E-state index in [1.807, 2.05) is 33.9 Å². The van der Waals surface area contributed by atoms with Crippen molar-refractivity contribution in [1.82, 2.24) is 15.1 Å². The van der Waals surface area contributed by atoms with Crippen molar-refractivity contribution in [1.29, 1.82) is 0 Å². The molecule has 0 aromatic carbocycles. The van der Waals surface area contributed by atoms with Gasteiger partial charge in [0.1, 0.15) is 0 Å². The number of rotatable bonds is 1. The molecule has 0 amide bonds. The van der Waals surface area contributed by atoms with Crippen LogP contribution in [0.5, 0.6) is 0 Å². The number of aromatic nitrogens is 2. The van der Waals surface area contributed by atoms with Crippen molar-refractivity contribution in [3.8, 4) is 0 Å². The molecule has 3 nitrogen and oxygen atoms in total.